The molecule has 8 heteroatoms. The molecule has 0 unspecified atom stereocenters. The molecule has 0 aromatic carbocycles. The minimum atomic E-state index is 0.261. The van der Waals surface area contributed by atoms with Crippen LogP contribution in [0.4, 0.5) is 5.82 Å². The summed E-state index contributed by atoms with van der Waals surface area (Å²) in [5, 5.41) is 4.23. The number of rotatable bonds is 3. The number of aryl methyl sites for hydroxylation is 1. The highest BCUT2D eigenvalue weighted by molar-refractivity contribution is 5.76. The Morgan fingerprint density at radius 2 is 2.45 bits per heavy atom. The first-order valence-corrected chi connectivity index (χ1v) is 6.35. The Balaban J connectivity index is 2.14. The zero-order chi connectivity index (χ0) is 13.9. The molecule has 0 spiro atoms. The second kappa shape index (κ2) is 5.33. The average Bonchev–Trinajstić information content (AvgIpc) is 3.08. The fourth-order valence-corrected chi connectivity index (χ4v) is 2.34. The molecule has 2 aromatic rings. The molecule has 1 aliphatic rings. The number of aliphatic imine (C=N–C) groups is 2. The van der Waals surface area contributed by atoms with E-state index in [1.165, 1.54) is 19.0 Å². The van der Waals surface area contributed by atoms with Crippen LogP contribution in [0, 0.1) is 6.92 Å². The van der Waals surface area contributed by atoms with E-state index in [1.807, 2.05) is 6.92 Å². The summed E-state index contributed by atoms with van der Waals surface area (Å²) in [5.74, 6) is 1.60. The zero-order valence-electron chi connectivity index (χ0n) is 11.1. The highest BCUT2D eigenvalue weighted by atomic mass is 16.5. The predicted octanol–water partition coefficient (Wildman–Crippen LogP) is 0.583. The lowest BCUT2D eigenvalue weighted by Gasteiger charge is -2.05. The zero-order valence-corrected chi connectivity index (χ0v) is 11.1. The molecular weight excluding hydrogens is 258 g/mol. The van der Waals surface area contributed by atoms with E-state index in [0.717, 1.165) is 30.1 Å². The van der Waals surface area contributed by atoms with Gasteiger partial charge in [-0.15, -0.1) is 0 Å². The van der Waals surface area contributed by atoms with Gasteiger partial charge in [0.2, 0.25) is 0 Å². The molecule has 0 aliphatic carbocycles. The SMILES string of the molecule is Cc1nc([C@@H]2CCOC2)c2c(N=CN=CN)ncnn12. The average molecular weight is 273 g/mol. The van der Waals surface area contributed by atoms with Crippen molar-refractivity contribution in [1.82, 2.24) is 19.6 Å². The summed E-state index contributed by atoms with van der Waals surface area (Å²) in [7, 11) is 0. The van der Waals surface area contributed by atoms with Gasteiger partial charge in [0.1, 0.15) is 24.0 Å². The highest BCUT2D eigenvalue weighted by Gasteiger charge is 2.25. The van der Waals surface area contributed by atoms with E-state index in [0.29, 0.717) is 12.4 Å². The molecule has 2 N–H and O–H groups in total. The maximum atomic E-state index is 5.44. The van der Waals surface area contributed by atoms with Crippen molar-refractivity contribution in [1.29, 1.82) is 0 Å². The van der Waals surface area contributed by atoms with Crippen LogP contribution < -0.4 is 5.73 Å². The quantitative estimate of drug-likeness (QED) is 0.651. The molecular formula is C12H15N7O. The van der Waals surface area contributed by atoms with Crippen LogP contribution in [-0.2, 0) is 4.74 Å². The standard InChI is InChI=1S/C12H15N7O/c1-8-18-10(9-2-3-20-4-9)11-12(15-6-14-5-13)16-7-17-19(8)11/h5-7,9H,2-4H2,1H3,(H2,13,14,15,16,17)/t9-/m1/s1. The minimum absolute atomic E-state index is 0.261. The Morgan fingerprint density at radius 1 is 1.55 bits per heavy atom. The van der Waals surface area contributed by atoms with E-state index < -0.39 is 0 Å². The minimum Gasteiger partial charge on any atom is -0.390 e. The number of hydrogen-bond donors (Lipinski definition) is 1. The van der Waals surface area contributed by atoms with Crippen molar-refractivity contribution in [2.45, 2.75) is 19.3 Å². The first-order valence-electron chi connectivity index (χ1n) is 6.35. The Morgan fingerprint density at radius 3 is 3.20 bits per heavy atom. The van der Waals surface area contributed by atoms with Gasteiger partial charge in [0.05, 0.1) is 18.6 Å². The van der Waals surface area contributed by atoms with Crippen LogP contribution in [0.3, 0.4) is 0 Å². The van der Waals surface area contributed by atoms with Gasteiger partial charge >= 0.3 is 0 Å². The normalized spacial score (nSPS) is 19.8. The van der Waals surface area contributed by atoms with E-state index in [2.05, 4.69) is 25.1 Å². The van der Waals surface area contributed by atoms with E-state index >= 15 is 0 Å². The smallest absolute Gasteiger partial charge is 0.183 e. The van der Waals surface area contributed by atoms with Crippen molar-refractivity contribution in [2.24, 2.45) is 15.7 Å². The van der Waals surface area contributed by atoms with Crippen molar-refractivity contribution in [3.63, 3.8) is 0 Å². The largest absolute Gasteiger partial charge is 0.390 e. The van der Waals surface area contributed by atoms with Crippen LogP contribution in [0.15, 0.2) is 16.3 Å². The lowest BCUT2D eigenvalue weighted by Crippen LogP contribution is -2.00. The third kappa shape index (κ3) is 2.14. The molecule has 0 saturated carbocycles. The fourth-order valence-electron chi connectivity index (χ4n) is 2.34. The van der Waals surface area contributed by atoms with E-state index in [4.69, 9.17) is 10.5 Å². The number of nitrogens with two attached hydrogens (primary N) is 1. The number of aromatic nitrogens is 4. The van der Waals surface area contributed by atoms with Crippen molar-refractivity contribution in [2.75, 3.05) is 13.2 Å². The molecule has 1 aliphatic heterocycles. The lowest BCUT2D eigenvalue weighted by atomic mass is 10.0. The fraction of sp³-hybridized carbons (Fsp3) is 0.417. The van der Waals surface area contributed by atoms with Crippen molar-refractivity contribution < 1.29 is 4.74 Å². The third-order valence-corrected chi connectivity index (χ3v) is 3.25. The molecule has 0 amide bonds. The molecule has 20 heavy (non-hydrogen) atoms. The summed E-state index contributed by atoms with van der Waals surface area (Å²) in [6, 6.07) is 0. The third-order valence-electron chi connectivity index (χ3n) is 3.25. The van der Waals surface area contributed by atoms with Gasteiger partial charge in [0.15, 0.2) is 5.82 Å². The van der Waals surface area contributed by atoms with Gasteiger partial charge in [0.25, 0.3) is 0 Å². The van der Waals surface area contributed by atoms with Gasteiger partial charge in [-0.3, -0.25) is 0 Å². The summed E-state index contributed by atoms with van der Waals surface area (Å²) >= 11 is 0. The van der Waals surface area contributed by atoms with Crippen LogP contribution in [0.1, 0.15) is 23.9 Å². The molecule has 104 valence electrons. The summed E-state index contributed by atoms with van der Waals surface area (Å²) < 4.78 is 7.19. The second-order valence-electron chi connectivity index (χ2n) is 4.49. The van der Waals surface area contributed by atoms with Crippen LogP contribution in [0.2, 0.25) is 0 Å². The summed E-state index contributed by atoms with van der Waals surface area (Å²) in [4.78, 5) is 16.8. The maximum absolute atomic E-state index is 5.44. The highest BCUT2D eigenvalue weighted by Crippen LogP contribution is 2.31. The van der Waals surface area contributed by atoms with Crippen LogP contribution in [-0.4, -0.2) is 45.5 Å². The number of hydrogen-bond acceptors (Lipinski definition) is 5. The van der Waals surface area contributed by atoms with E-state index in [9.17, 15) is 0 Å². The molecule has 8 nitrogen and oxygen atoms in total. The Kier molecular flexibility index (Phi) is 3.38. The second-order valence-corrected chi connectivity index (χ2v) is 4.49. The Hall–Kier alpha value is -2.35. The topological polar surface area (TPSA) is 103 Å². The van der Waals surface area contributed by atoms with Crippen molar-refractivity contribution in [3.8, 4) is 0 Å². The van der Waals surface area contributed by atoms with Crippen LogP contribution in [0.5, 0.6) is 0 Å². The molecule has 1 fully saturated rings. The monoisotopic (exact) mass is 273 g/mol. The predicted molar refractivity (Wildman–Crippen MR) is 74.5 cm³/mol. The molecule has 0 radical (unpaired) electrons. The molecule has 1 atom stereocenters. The first-order chi connectivity index (χ1) is 9.81. The van der Waals surface area contributed by atoms with Crippen molar-refractivity contribution >= 4 is 24.0 Å². The Labute approximate surface area is 115 Å². The first kappa shape index (κ1) is 12.7. The van der Waals surface area contributed by atoms with Gasteiger partial charge in [-0.1, -0.05) is 0 Å². The lowest BCUT2D eigenvalue weighted by molar-refractivity contribution is 0.193. The summed E-state index contributed by atoms with van der Waals surface area (Å²) in [5.41, 5.74) is 6.93. The van der Waals surface area contributed by atoms with E-state index in [1.54, 1.807) is 4.52 Å². The van der Waals surface area contributed by atoms with Crippen LogP contribution in [0.25, 0.3) is 5.52 Å². The van der Waals surface area contributed by atoms with Gasteiger partial charge < -0.3 is 10.5 Å². The number of imidazole rings is 1. The maximum Gasteiger partial charge on any atom is 0.183 e. The van der Waals surface area contributed by atoms with Gasteiger partial charge in [-0.05, 0) is 13.3 Å². The number of ether oxygens (including phenoxy) is 1. The van der Waals surface area contributed by atoms with Gasteiger partial charge in [-0.2, -0.15) is 5.10 Å². The number of fused-ring (bicyclic) bond motifs is 1. The molecule has 2 aromatic heterocycles. The van der Waals surface area contributed by atoms with Gasteiger partial charge in [-0.25, -0.2) is 24.5 Å². The molecule has 3 rings (SSSR count). The summed E-state index contributed by atoms with van der Waals surface area (Å²) in [6.07, 6.45) is 4.94. The number of nitrogens with zero attached hydrogens (tertiary/aromatic N) is 6. The Bertz CT molecular complexity index is 670. The van der Waals surface area contributed by atoms with Gasteiger partial charge in [0, 0.05) is 12.5 Å². The molecule has 0 bridgehead atoms. The summed E-state index contributed by atoms with van der Waals surface area (Å²) in [6.45, 7) is 3.34. The van der Waals surface area contributed by atoms with Crippen molar-refractivity contribution in [3.05, 3.63) is 17.8 Å². The van der Waals surface area contributed by atoms with Crippen LogP contribution >= 0.6 is 0 Å². The van der Waals surface area contributed by atoms with E-state index in [-0.39, 0.29) is 5.92 Å². The molecule has 3 heterocycles. The molecule has 1 saturated heterocycles.